The molecule has 1 aliphatic rings. The highest BCUT2D eigenvalue weighted by molar-refractivity contribution is 5.62. The van der Waals surface area contributed by atoms with Gasteiger partial charge in [-0.15, -0.1) is 0 Å². The van der Waals surface area contributed by atoms with Crippen molar-refractivity contribution in [2.75, 3.05) is 13.1 Å². The fourth-order valence-electron chi connectivity index (χ4n) is 2.76. The Hall–Kier alpha value is -1.61. The zero-order chi connectivity index (χ0) is 13.1. The third-order valence-corrected chi connectivity index (χ3v) is 3.90. The summed E-state index contributed by atoms with van der Waals surface area (Å²) < 4.78 is 0. The van der Waals surface area contributed by atoms with Crippen molar-refractivity contribution >= 4 is 0 Å². The Bertz CT molecular complexity index is 521. The first kappa shape index (κ1) is 12.4. The molecule has 2 aromatic rings. The Kier molecular flexibility index (Phi) is 3.65. The first-order valence-corrected chi connectivity index (χ1v) is 7.14. The largest absolute Gasteiger partial charge is 0.299 e. The summed E-state index contributed by atoms with van der Waals surface area (Å²) in [6.07, 6.45) is 6.02. The average molecular weight is 255 g/mol. The van der Waals surface area contributed by atoms with Crippen LogP contribution in [0.15, 0.2) is 30.5 Å². The van der Waals surface area contributed by atoms with Gasteiger partial charge < -0.3 is 0 Å². The SMILES string of the molecule is Cc1ccc(-c2[nH]ncc2CN2CCCCC2)cc1. The van der Waals surface area contributed by atoms with Crippen LogP contribution in [0.1, 0.15) is 30.4 Å². The molecule has 0 atom stereocenters. The quantitative estimate of drug-likeness (QED) is 0.912. The van der Waals surface area contributed by atoms with Crippen LogP contribution in [0.25, 0.3) is 11.3 Å². The molecule has 0 saturated carbocycles. The number of hydrogen-bond acceptors (Lipinski definition) is 2. The van der Waals surface area contributed by atoms with Gasteiger partial charge in [0.1, 0.15) is 0 Å². The highest BCUT2D eigenvalue weighted by atomic mass is 15.1. The number of aryl methyl sites for hydroxylation is 1. The van der Waals surface area contributed by atoms with E-state index < -0.39 is 0 Å². The van der Waals surface area contributed by atoms with E-state index in [1.54, 1.807) is 0 Å². The molecule has 1 aliphatic heterocycles. The highest BCUT2D eigenvalue weighted by Crippen LogP contribution is 2.23. The second kappa shape index (κ2) is 5.57. The summed E-state index contributed by atoms with van der Waals surface area (Å²) in [5, 5.41) is 7.39. The smallest absolute Gasteiger partial charge is 0.0695 e. The van der Waals surface area contributed by atoms with Gasteiger partial charge in [0.25, 0.3) is 0 Å². The minimum absolute atomic E-state index is 1.01. The predicted molar refractivity (Wildman–Crippen MR) is 77.9 cm³/mol. The van der Waals surface area contributed by atoms with Gasteiger partial charge in [-0.3, -0.25) is 10.00 Å². The van der Waals surface area contributed by atoms with E-state index in [1.165, 1.54) is 54.7 Å². The summed E-state index contributed by atoms with van der Waals surface area (Å²) in [6.45, 7) is 5.57. The van der Waals surface area contributed by atoms with Crippen molar-refractivity contribution in [2.45, 2.75) is 32.7 Å². The maximum absolute atomic E-state index is 4.23. The van der Waals surface area contributed by atoms with Crippen molar-refractivity contribution in [2.24, 2.45) is 0 Å². The van der Waals surface area contributed by atoms with Crippen LogP contribution in [0.4, 0.5) is 0 Å². The molecule has 0 unspecified atom stereocenters. The van der Waals surface area contributed by atoms with E-state index in [0.29, 0.717) is 0 Å². The number of H-pyrrole nitrogens is 1. The topological polar surface area (TPSA) is 31.9 Å². The predicted octanol–water partition coefficient (Wildman–Crippen LogP) is 3.37. The van der Waals surface area contributed by atoms with Gasteiger partial charge in [-0.05, 0) is 38.4 Å². The van der Waals surface area contributed by atoms with Crippen molar-refractivity contribution in [1.29, 1.82) is 0 Å². The van der Waals surface area contributed by atoms with Gasteiger partial charge >= 0.3 is 0 Å². The van der Waals surface area contributed by atoms with Gasteiger partial charge in [-0.1, -0.05) is 36.2 Å². The van der Waals surface area contributed by atoms with E-state index in [2.05, 4.69) is 46.3 Å². The molecule has 3 rings (SSSR count). The normalized spacial score (nSPS) is 16.7. The van der Waals surface area contributed by atoms with Crippen LogP contribution < -0.4 is 0 Å². The molecule has 1 aromatic carbocycles. The van der Waals surface area contributed by atoms with Gasteiger partial charge in [0.15, 0.2) is 0 Å². The minimum atomic E-state index is 1.01. The summed E-state index contributed by atoms with van der Waals surface area (Å²) in [7, 11) is 0. The van der Waals surface area contributed by atoms with Gasteiger partial charge in [0.2, 0.25) is 0 Å². The van der Waals surface area contributed by atoms with Crippen molar-refractivity contribution in [1.82, 2.24) is 15.1 Å². The fraction of sp³-hybridized carbons (Fsp3) is 0.438. The first-order chi connectivity index (χ1) is 9.33. The minimum Gasteiger partial charge on any atom is -0.299 e. The van der Waals surface area contributed by atoms with E-state index in [-0.39, 0.29) is 0 Å². The van der Waals surface area contributed by atoms with Gasteiger partial charge in [0, 0.05) is 12.1 Å². The van der Waals surface area contributed by atoms with E-state index in [9.17, 15) is 0 Å². The lowest BCUT2D eigenvalue weighted by atomic mass is 10.1. The van der Waals surface area contributed by atoms with Crippen LogP contribution >= 0.6 is 0 Å². The van der Waals surface area contributed by atoms with Crippen LogP contribution in [-0.4, -0.2) is 28.2 Å². The number of hydrogen-bond donors (Lipinski definition) is 1. The van der Waals surface area contributed by atoms with Gasteiger partial charge in [0.05, 0.1) is 11.9 Å². The standard InChI is InChI=1S/C16H21N3/c1-13-5-7-14(8-6-13)16-15(11-17-18-16)12-19-9-3-2-4-10-19/h5-8,11H,2-4,9-10,12H2,1H3,(H,17,18). The van der Waals surface area contributed by atoms with E-state index in [4.69, 9.17) is 0 Å². The molecule has 19 heavy (non-hydrogen) atoms. The van der Waals surface area contributed by atoms with Gasteiger partial charge in [-0.25, -0.2) is 0 Å². The van der Waals surface area contributed by atoms with Gasteiger partial charge in [-0.2, -0.15) is 5.10 Å². The molecule has 100 valence electrons. The number of likely N-dealkylation sites (tertiary alicyclic amines) is 1. The molecule has 1 saturated heterocycles. The maximum Gasteiger partial charge on any atom is 0.0695 e. The summed E-state index contributed by atoms with van der Waals surface area (Å²) in [5.41, 5.74) is 5.01. The number of nitrogens with one attached hydrogen (secondary N) is 1. The molecule has 0 aliphatic carbocycles. The summed E-state index contributed by atoms with van der Waals surface area (Å²) in [6, 6.07) is 8.65. The molecule has 0 radical (unpaired) electrons. The van der Waals surface area contributed by atoms with E-state index >= 15 is 0 Å². The van der Waals surface area contributed by atoms with Crippen molar-refractivity contribution < 1.29 is 0 Å². The molecular weight excluding hydrogens is 234 g/mol. The molecule has 0 spiro atoms. The van der Waals surface area contributed by atoms with Crippen LogP contribution in [0.3, 0.4) is 0 Å². The number of aromatic amines is 1. The second-order valence-electron chi connectivity index (χ2n) is 5.47. The molecule has 0 bridgehead atoms. The Morgan fingerprint density at radius 2 is 1.84 bits per heavy atom. The number of nitrogens with zero attached hydrogens (tertiary/aromatic N) is 2. The molecule has 1 fully saturated rings. The van der Waals surface area contributed by atoms with E-state index in [0.717, 1.165) is 6.54 Å². The highest BCUT2D eigenvalue weighted by Gasteiger charge is 2.14. The van der Waals surface area contributed by atoms with E-state index in [1.807, 2.05) is 6.20 Å². The molecular formula is C16H21N3. The van der Waals surface area contributed by atoms with Crippen LogP contribution in [0.2, 0.25) is 0 Å². The van der Waals surface area contributed by atoms with Crippen LogP contribution in [-0.2, 0) is 6.54 Å². The first-order valence-electron chi connectivity index (χ1n) is 7.14. The Morgan fingerprint density at radius 1 is 1.11 bits per heavy atom. The Labute approximate surface area is 114 Å². The molecule has 1 aromatic heterocycles. The second-order valence-corrected chi connectivity index (χ2v) is 5.47. The number of piperidine rings is 1. The molecule has 0 amide bonds. The number of benzene rings is 1. The van der Waals surface area contributed by atoms with Crippen molar-refractivity contribution in [3.63, 3.8) is 0 Å². The van der Waals surface area contributed by atoms with Crippen LogP contribution in [0.5, 0.6) is 0 Å². The molecule has 3 nitrogen and oxygen atoms in total. The van der Waals surface area contributed by atoms with Crippen molar-refractivity contribution in [3.8, 4) is 11.3 Å². The summed E-state index contributed by atoms with van der Waals surface area (Å²) in [5.74, 6) is 0. The molecule has 2 heterocycles. The summed E-state index contributed by atoms with van der Waals surface area (Å²) >= 11 is 0. The monoisotopic (exact) mass is 255 g/mol. The average Bonchev–Trinajstić information content (AvgIpc) is 2.89. The molecule has 1 N–H and O–H groups in total. The third kappa shape index (κ3) is 2.87. The Morgan fingerprint density at radius 3 is 2.58 bits per heavy atom. The van der Waals surface area contributed by atoms with Crippen molar-refractivity contribution in [3.05, 3.63) is 41.6 Å². The van der Waals surface area contributed by atoms with Crippen LogP contribution in [0, 0.1) is 6.92 Å². The number of rotatable bonds is 3. The lowest BCUT2D eigenvalue weighted by Gasteiger charge is -2.26. The maximum atomic E-state index is 4.23. The third-order valence-electron chi connectivity index (χ3n) is 3.90. The number of aromatic nitrogens is 2. The zero-order valence-electron chi connectivity index (χ0n) is 11.5. The lowest BCUT2D eigenvalue weighted by Crippen LogP contribution is -2.29. The zero-order valence-corrected chi connectivity index (χ0v) is 11.5. The lowest BCUT2D eigenvalue weighted by molar-refractivity contribution is 0.221. The summed E-state index contributed by atoms with van der Waals surface area (Å²) in [4.78, 5) is 2.53. The fourth-order valence-corrected chi connectivity index (χ4v) is 2.76. The molecule has 3 heteroatoms. The Balaban J connectivity index is 1.79.